The molecular weight excluding hydrogens is 224 g/mol. The molecule has 92 valence electrons. The molecule has 0 radical (unpaired) electrons. The zero-order valence-electron chi connectivity index (χ0n) is 9.98. The van der Waals surface area contributed by atoms with Crippen LogP contribution in [0.3, 0.4) is 0 Å². The van der Waals surface area contributed by atoms with Crippen molar-refractivity contribution >= 4 is 11.8 Å². The Labute approximate surface area is 101 Å². The molecule has 1 aromatic heterocycles. The van der Waals surface area contributed by atoms with Gasteiger partial charge in [-0.2, -0.15) is 0 Å². The second-order valence-electron chi connectivity index (χ2n) is 3.30. The van der Waals surface area contributed by atoms with E-state index in [2.05, 4.69) is 21.7 Å². The maximum atomic E-state index is 5.61. The fourth-order valence-electron chi connectivity index (χ4n) is 1.36. The van der Waals surface area contributed by atoms with Crippen molar-refractivity contribution in [3.8, 4) is 0 Å². The third-order valence-corrected chi connectivity index (χ3v) is 3.02. The summed E-state index contributed by atoms with van der Waals surface area (Å²) >= 11 is 1.67. The largest absolute Gasteiger partial charge is 0.381 e. The molecule has 0 atom stereocenters. The first-order valence-corrected chi connectivity index (χ1v) is 6.64. The van der Waals surface area contributed by atoms with Crippen molar-refractivity contribution in [3.05, 3.63) is 5.82 Å². The summed E-state index contributed by atoms with van der Waals surface area (Å²) in [4.78, 5) is 0. The van der Waals surface area contributed by atoms with Crippen LogP contribution in [0.25, 0.3) is 0 Å². The lowest BCUT2D eigenvalue weighted by Crippen LogP contribution is -2.09. The number of thioether (sulfide) groups is 1. The molecule has 0 bridgehead atoms. The number of nitrogens with zero attached hydrogens (tertiary/aromatic N) is 3. The quantitative estimate of drug-likeness (QED) is 0.551. The van der Waals surface area contributed by atoms with E-state index in [1.807, 2.05) is 6.92 Å². The molecule has 0 saturated carbocycles. The summed E-state index contributed by atoms with van der Waals surface area (Å²) in [5, 5.41) is 9.17. The Bertz CT molecular complexity index is 303. The second-order valence-corrected chi connectivity index (χ2v) is 4.36. The monoisotopic (exact) mass is 244 g/mol. The van der Waals surface area contributed by atoms with E-state index in [9.17, 15) is 0 Å². The summed E-state index contributed by atoms with van der Waals surface area (Å²) in [6.07, 6.45) is 1.06. The molecular formula is C10H20N4OS. The Kier molecular flexibility index (Phi) is 6.44. The number of rotatable bonds is 8. The molecule has 1 heterocycles. The summed E-state index contributed by atoms with van der Waals surface area (Å²) in [7, 11) is 0. The average Bonchev–Trinajstić information content (AvgIpc) is 2.68. The van der Waals surface area contributed by atoms with E-state index >= 15 is 0 Å². The highest BCUT2D eigenvalue weighted by Crippen LogP contribution is 2.17. The molecule has 0 amide bonds. The van der Waals surface area contributed by atoms with Crippen LogP contribution in [0.5, 0.6) is 0 Å². The zero-order valence-corrected chi connectivity index (χ0v) is 10.8. The normalized spacial score (nSPS) is 10.9. The van der Waals surface area contributed by atoms with Crippen LogP contribution in [-0.2, 0) is 17.8 Å². The van der Waals surface area contributed by atoms with Crippen molar-refractivity contribution < 1.29 is 4.74 Å². The van der Waals surface area contributed by atoms with Crippen molar-refractivity contribution in [2.75, 3.05) is 19.0 Å². The van der Waals surface area contributed by atoms with Gasteiger partial charge in [0.1, 0.15) is 5.82 Å². The number of hydrogen-bond donors (Lipinski definition) is 1. The first-order valence-electron chi connectivity index (χ1n) is 5.66. The van der Waals surface area contributed by atoms with Gasteiger partial charge in [-0.15, -0.1) is 10.2 Å². The van der Waals surface area contributed by atoms with Gasteiger partial charge in [0.25, 0.3) is 0 Å². The van der Waals surface area contributed by atoms with Crippen LogP contribution in [0.15, 0.2) is 5.16 Å². The highest BCUT2D eigenvalue weighted by Gasteiger charge is 2.09. The van der Waals surface area contributed by atoms with Gasteiger partial charge in [0.2, 0.25) is 0 Å². The second kappa shape index (κ2) is 7.65. The molecule has 0 aromatic carbocycles. The van der Waals surface area contributed by atoms with Crippen molar-refractivity contribution in [1.82, 2.24) is 14.8 Å². The summed E-state index contributed by atoms with van der Waals surface area (Å²) in [5.41, 5.74) is 5.61. The van der Waals surface area contributed by atoms with Crippen molar-refractivity contribution in [2.24, 2.45) is 5.73 Å². The van der Waals surface area contributed by atoms with Crippen molar-refractivity contribution in [2.45, 2.75) is 38.5 Å². The van der Waals surface area contributed by atoms with E-state index in [-0.39, 0.29) is 0 Å². The fraction of sp³-hybridized carbons (Fsp3) is 0.800. The van der Waals surface area contributed by atoms with Gasteiger partial charge in [0.05, 0.1) is 13.2 Å². The lowest BCUT2D eigenvalue weighted by atomic mass is 10.4. The topological polar surface area (TPSA) is 66.0 Å². The minimum absolute atomic E-state index is 0.443. The Morgan fingerprint density at radius 2 is 2.19 bits per heavy atom. The Hall–Kier alpha value is -0.590. The predicted molar refractivity (Wildman–Crippen MR) is 65.4 cm³/mol. The van der Waals surface area contributed by atoms with Gasteiger partial charge in [-0.1, -0.05) is 18.7 Å². The molecule has 0 aliphatic carbocycles. The van der Waals surface area contributed by atoms with Gasteiger partial charge in [0.15, 0.2) is 5.16 Å². The van der Waals surface area contributed by atoms with Crippen LogP contribution in [-0.4, -0.2) is 33.7 Å². The van der Waals surface area contributed by atoms with E-state index in [0.29, 0.717) is 6.54 Å². The van der Waals surface area contributed by atoms with Crippen molar-refractivity contribution in [3.63, 3.8) is 0 Å². The standard InChI is InChI=1S/C10H20N4OS/c1-3-5-14-9(8-11)12-13-10(14)16-7-6-15-4-2/h3-8,11H2,1-2H3. The van der Waals surface area contributed by atoms with Gasteiger partial charge < -0.3 is 15.0 Å². The lowest BCUT2D eigenvalue weighted by Gasteiger charge is -2.07. The first kappa shape index (κ1) is 13.5. The van der Waals surface area contributed by atoms with E-state index in [1.165, 1.54) is 0 Å². The predicted octanol–water partition coefficient (Wildman–Crippen LogP) is 1.28. The number of ether oxygens (including phenoxy) is 1. The van der Waals surface area contributed by atoms with E-state index in [0.717, 1.165) is 42.9 Å². The smallest absolute Gasteiger partial charge is 0.191 e. The van der Waals surface area contributed by atoms with Gasteiger partial charge >= 0.3 is 0 Å². The summed E-state index contributed by atoms with van der Waals surface area (Å²) in [5.74, 6) is 1.76. The highest BCUT2D eigenvalue weighted by molar-refractivity contribution is 7.99. The molecule has 1 rings (SSSR count). The fourth-order valence-corrected chi connectivity index (χ4v) is 2.20. The Morgan fingerprint density at radius 3 is 2.81 bits per heavy atom. The molecule has 0 unspecified atom stereocenters. The number of nitrogens with two attached hydrogens (primary N) is 1. The third kappa shape index (κ3) is 3.77. The van der Waals surface area contributed by atoms with Crippen LogP contribution in [0, 0.1) is 0 Å². The average molecular weight is 244 g/mol. The molecule has 0 aliphatic rings. The van der Waals surface area contributed by atoms with Gasteiger partial charge in [-0.3, -0.25) is 0 Å². The lowest BCUT2D eigenvalue weighted by molar-refractivity contribution is 0.164. The molecule has 16 heavy (non-hydrogen) atoms. The van der Waals surface area contributed by atoms with Gasteiger partial charge in [-0.25, -0.2) is 0 Å². The van der Waals surface area contributed by atoms with Crippen LogP contribution in [0.4, 0.5) is 0 Å². The zero-order chi connectivity index (χ0) is 11.8. The molecule has 0 aliphatic heterocycles. The molecule has 6 heteroatoms. The minimum atomic E-state index is 0.443. The third-order valence-electron chi connectivity index (χ3n) is 2.09. The maximum Gasteiger partial charge on any atom is 0.191 e. The van der Waals surface area contributed by atoms with E-state index in [4.69, 9.17) is 10.5 Å². The Morgan fingerprint density at radius 1 is 1.38 bits per heavy atom. The first-order chi connectivity index (χ1) is 7.83. The molecule has 1 aromatic rings. The minimum Gasteiger partial charge on any atom is -0.381 e. The summed E-state index contributed by atoms with van der Waals surface area (Å²) in [6, 6.07) is 0. The molecule has 5 nitrogen and oxygen atoms in total. The SMILES string of the molecule is CCCn1c(CN)nnc1SCCOCC. The molecule has 0 fully saturated rings. The summed E-state index contributed by atoms with van der Waals surface area (Å²) in [6.45, 7) is 7.01. The molecule has 2 N–H and O–H groups in total. The van der Waals surface area contributed by atoms with Crippen LogP contribution >= 0.6 is 11.8 Å². The number of aromatic nitrogens is 3. The van der Waals surface area contributed by atoms with Crippen LogP contribution in [0.1, 0.15) is 26.1 Å². The molecule has 0 saturated heterocycles. The van der Waals surface area contributed by atoms with Crippen LogP contribution < -0.4 is 5.73 Å². The summed E-state index contributed by atoms with van der Waals surface area (Å²) < 4.78 is 7.38. The number of hydrogen-bond acceptors (Lipinski definition) is 5. The van der Waals surface area contributed by atoms with Gasteiger partial charge in [-0.05, 0) is 13.3 Å². The molecule has 0 spiro atoms. The van der Waals surface area contributed by atoms with Crippen LogP contribution in [0.2, 0.25) is 0 Å². The van der Waals surface area contributed by atoms with Crippen molar-refractivity contribution in [1.29, 1.82) is 0 Å². The highest BCUT2D eigenvalue weighted by atomic mass is 32.2. The van der Waals surface area contributed by atoms with E-state index in [1.54, 1.807) is 11.8 Å². The maximum absolute atomic E-state index is 5.61. The Balaban J connectivity index is 2.53. The van der Waals surface area contributed by atoms with Gasteiger partial charge in [0, 0.05) is 18.9 Å². The van der Waals surface area contributed by atoms with E-state index < -0.39 is 0 Å².